The summed E-state index contributed by atoms with van der Waals surface area (Å²) < 4.78 is 0. The molecule has 3 heteroatoms. The number of rotatable bonds is 1. The highest BCUT2D eigenvalue weighted by Crippen LogP contribution is 2.19. The van der Waals surface area contributed by atoms with Crippen LogP contribution in [0.15, 0.2) is 54.9 Å². The van der Waals surface area contributed by atoms with Crippen molar-refractivity contribution >= 4 is 10.9 Å². The van der Waals surface area contributed by atoms with Crippen molar-refractivity contribution in [3.8, 4) is 11.3 Å². The van der Waals surface area contributed by atoms with Gasteiger partial charge in [0.1, 0.15) is 0 Å². The lowest BCUT2D eigenvalue weighted by Gasteiger charge is -2.00. The van der Waals surface area contributed by atoms with Gasteiger partial charge in [0, 0.05) is 23.3 Å². The van der Waals surface area contributed by atoms with Gasteiger partial charge in [-0.2, -0.15) is 0 Å². The number of fused-ring (bicyclic) bond motifs is 1. The largest absolute Gasteiger partial charge is 0.265 e. The zero-order valence-electron chi connectivity index (χ0n) is 8.54. The maximum atomic E-state index is 4.20. The summed E-state index contributed by atoms with van der Waals surface area (Å²) in [7, 11) is 0. The zero-order valence-corrected chi connectivity index (χ0v) is 8.54. The molecule has 0 fully saturated rings. The minimum absolute atomic E-state index is 0.876. The molecule has 0 unspecified atom stereocenters. The SMILES string of the molecule is c1ccc2nnc(-c3ccncc3)cc2c1. The zero-order chi connectivity index (χ0) is 10.8. The van der Waals surface area contributed by atoms with Crippen molar-refractivity contribution in [1.82, 2.24) is 15.2 Å². The fourth-order valence-electron chi connectivity index (χ4n) is 1.65. The molecule has 76 valence electrons. The summed E-state index contributed by atoms with van der Waals surface area (Å²) in [4.78, 5) is 3.99. The smallest absolute Gasteiger partial charge is 0.0937 e. The molecule has 0 radical (unpaired) electrons. The third-order valence-corrected chi connectivity index (χ3v) is 2.47. The van der Waals surface area contributed by atoms with Crippen molar-refractivity contribution in [3.05, 3.63) is 54.9 Å². The summed E-state index contributed by atoms with van der Waals surface area (Å²) in [5.41, 5.74) is 2.83. The number of aromatic nitrogens is 3. The average Bonchev–Trinajstić information content (AvgIpc) is 2.39. The first kappa shape index (κ1) is 8.97. The van der Waals surface area contributed by atoms with E-state index in [0.29, 0.717) is 0 Å². The molecule has 0 atom stereocenters. The van der Waals surface area contributed by atoms with Gasteiger partial charge in [-0.15, -0.1) is 10.2 Å². The molecule has 3 rings (SSSR count). The van der Waals surface area contributed by atoms with E-state index in [4.69, 9.17) is 0 Å². The van der Waals surface area contributed by atoms with Crippen LogP contribution in [0.25, 0.3) is 22.2 Å². The Kier molecular flexibility index (Phi) is 2.07. The standard InChI is InChI=1S/C13H9N3/c1-2-4-12-11(3-1)9-13(16-15-12)10-5-7-14-8-6-10/h1-9H. The molecule has 0 aliphatic heterocycles. The molecule has 1 aromatic carbocycles. The van der Waals surface area contributed by atoms with Crippen molar-refractivity contribution in [3.63, 3.8) is 0 Å². The van der Waals surface area contributed by atoms with Crippen LogP contribution in [0.2, 0.25) is 0 Å². The molecular weight excluding hydrogens is 198 g/mol. The molecule has 0 aliphatic rings. The first-order chi connectivity index (χ1) is 7.93. The van der Waals surface area contributed by atoms with Crippen molar-refractivity contribution in [1.29, 1.82) is 0 Å². The third-order valence-electron chi connectivity index (χ3n) is 2.47. The Bertz CT molecular complexity index is 620. The van der Waals surface area contributed by atoms with Crippen molar-refractivity contribution in [2.45, 2.75) is 0 Å². The second kappa shape index (κ2) is 3.70. The third kappa shape index (κ3) is 1.52. The summed E-state index contributed by atoms with van der Waals surface area (Å²) in [5.74, 6) is 0. The van der Waals surface area contributed by atoms with E-state index in [1.54, 1.807) is 12.4 Å². The van der Waals surface area contributed by atoms with Gasteiger partial charge in [0.15, 0.2) is 0 Å². The van der Waals surface area contributed by atoms with Gasteiger partial charge in [-0.25, -0.2) is 0 Å². The van der Waals surface area contributed by atoms with Crippen LogP contribution >= 0.6 is 0 Å². The molecule has 0 aliphatic carbocycles. The number of nitrogens with zero attached hydrogens (tertiary/aromatic N) is 3. The molecule has 2 heterocycles. The topological polar surface area (TPSA) is 38.7 Å². The molecule has 16 heavy (non-hydrogen) atoms. The van der Waals surface area contributed by atoms with E-state index in [-0.39, 0.29) is 0 Å². The molecule has 2 aromatic heterocycles. The van der Waals surface area contributed by atoms with Crippen LogP contribution in [0.1, 0.15) is 0 Å². The van der Waals surface area contributed by atoms with Gasteiger partial charge >= 0.3 is 0 Å². The second-order valence-corrected chi connectivity index (χ2v) is 3.52. The van der Waals surface area contributed by atoms with Gasteiger partial charge in [-0.05, 0) is 24.3 Å². The van der Waals surface area contributed by atoms with Gasteiger partial charge in [0.25, 0.3) is 0 Å². The first-order valence-corrected chi connectivity index (χ1v) is 5.06. The van der Waals surface area contributed by atoms with Gasteiger partial charge in [-0.1, -0.05) is 18.2 Å². The highest BCUT2D eigenvalue weighted by Gasteiger charge is 2.01. The molecular formula is C13H9N3. The Morgan fingerprint density at radius 2 is 1.62 bits per heavy atom. The maximum Gasteiger partial charge on any atom is 0.0937 e. The van der Waals surface area contributed by atoms with Crippen LogP contribution in [0.4, 0.5) is 0 Å². The van der Waals surface area contributed by atoms with Crippen LogP contribution in [-0.2, 0) is 0 Å². The predicted molar refractivity (Wildman–Crippen MR) is 62.8 cm³/mol. The van der Waals surface area contributed by atoms with Crippen LogP contribution < -0.4 is 0 Å². The summed E-state index contributed by atoms with van der Waals surface area (Å²) >= 11 is 0. The fraction of sp³-hybridized carbons (Fsp3) is 0. The van der Waals surface area contributed by atoms with Gasteiger partial charge < -0.3 is 0 Å². The van der Waals surface area contributed by atoms with Crippen LogP contribution in [0.3, 0.4) is 0 Å². The van der Waals surface area contributed by atoms with E-state index in [9.17, 15) is 0 Å². The average molecular weight is 207 g/mol. The Labute approximate surface area is 92.8 Å². The Hall–Kier alpha value is -2.29. The minimum atomic E-state index is 0.876. The summed E-state index contributed by atoms with van der Waals surface area (Å²) in [6.45, 7) is 0. The fourth-order valence-corrected chi connectivity index (χ4v) is 1.65. The molecule has 0 spiro atoms. The van der Waals surface area contributed by atoms with E-state index in [1.807, 2.05) is 42.5 Å². The molecule has 0 N–H and O–H groups in total. The highest BCUT2D eigenvalue weighted by atomic mass is 15.1. The van der Waals surface area contributed by atoms with Crippen LogP contribution in [0.5, 0.6) is 0 Å². The normalized spacial score (nSPS) is 10.5. The molecule has 0 bridgehead atoms. The predicted octanol–water partition coefficient (Wildman–Crippen LogP) is 2.69. The first-order valence-electron chi connectivity index (χ1n) is 5.06. The molecule has 0 saturated heterocycles. The van der Waals surface area contributed by atoms with E-state index in [2.05, 4.69) is 15.2 Å². The number of hydrogen-bond donors (Lipinski definition) is 0. The van der Waals surface area contributed by atoms with E-state index >= 15 is 0 Å². The molecule has 0 amide bonds. The number of hydrogen-bond acceptors (Lipinski definition) is 3. The van der Waals surface area contributed by atoms with Gasteiger partial charge in [-0.3, -0.25) is 4.98 Å². The van der Waals surface area contributed by atoms with Crippen LogP contribution in [-0.4, -0.2) is 15.2 Å². The number of pyridine rings is 1. The second-order valence-electron chi connectivity index (χ2n) is 3.52. The summed E-state index contributed by atoms with van der Waals surface area (Å²) in [6, 6.07) is 13.9. The van der Waals surface area contributed by atoms with Gasteiger partial charge in [0.05, 0.1) is 11.2 Å². The van der Waals surface area contributed by atoms with Crippen molar-refractivity contribution < 1.29 is 0 Å². The Morgan fingerprint density at radius 3 is 2.50 bits per heavy atom. The highest BCUT2D eigenvalue weighted by molar-refractivity contribution is 5.81. The monoisotopic (exact) mass is 207 g/mol. The lowest BCUT2D eigenvalue weighted by atomic mass is 10.1. The van der Waals surface area contributed by atoms with E-state index in [1.165, 1.54) is 0 Å². The summed E-state index contributed by atoms with van der Waals surface area (Å²) in [6.07, 6.45) is 3.51. The molecule has 0 saturated carbocycles. The Morgan fingerprint density at radius 1 is 0.812 bits per heavy atom. The van der Waals surface area contributed by atoms with Gasteiger partial charge in [0.2, 0.25) is 0 Å². The number of benzene rings is 1. The summed E-state index contributed by atoms with van der Waals surface area (Å²) in [5, 5.41) is 9.49. The minimum Gasteiger partial charge on any atom is -0.265 e. The van der Waals surface area contributed by atoms with E-state index in [0.717, 1.165) is 22.2 Å². The lowest BCUT2D eigenvalue weighted by molar-refractivity contribution is 1.08. The van der Waals surface area contributed by atoms with Crippen molar-refractivity contribution in [2.24, 2.45) is 0 Å². The van der Waals surface area contributed by atoms with Crippen molar-refractivity contribution in [2.75, 3.05) is 0 Å². The Balaban J connectivity index is 2.19. The lowest BCUT2D eigenvalue weighted by Crippen LogP contribution is -1.88. The molecule has 3 aromatic rings. The molecule has 3 nitrogen and oxygen atoms in total. The maximum absolute atomic E-state index is 4.20. The quantitative estimate of drug-likeness (QED) is 0.615. The van der Waals surface area contributed by atoms with Crippen LogP contribution in [0, 0.1) is 0 Å². The van der Waals surface area contributed by atoms with E-state index < -0.39 is 0 Å².